The standard InChI is InChI=1S/C12H24N2O2/c1-10(16-9-5-8-13)12(15)14-11-6-3-2-4-7-11/h10-11H,2-9,13H2,1H3,(H,14,15). The first kappa shape index (κ1) is 13.5. The molecule has 0 aromatic heterocycles. The number of carbonyl (C=O) groups excluding carboxylic acids is 1. The van der Waals surface area contributed by atoms with Gasteiger partial charge >= 0.3 is 0 Å². The van der Waals surface area contributed by atoms with Crippen molar-refractivity contribution < 1.29 is 9.53 Å². The third kappa shape index (κ3) is 4.94. The summed E-state index contributed by atoms with van der Waals surface area (Å²) >= 11 is 0. The maximum atomic E-state index is 11.7. The van der Waals surface area contributed by atoms with Crippen LogP contribution < -0.4 is 11.1 Å². The molecule has 1 aliphatic rings. The molecule has 0 aliphatic heterocycles. The van der Waals surface area contributed by atoms with Crippen LogP contribution in [0.1, 0.15) is 45.4 Å². The van der Waals surface area contributed by atoms with Crippen molar-refractivity contribution in [2.45, 2.75) is 57.6 Å². The van der Waals surface area contributed by atoms with Gasteiger partial charge in [-0.05, 0) is 32.7 Å². The summed E-state index contributed by atoms with van der Waals surface area (Å²) in [6.07, 6.45) is 6.44. The van der Waals surface area contributed by atoms with Crippen LogP contribution in [-0.4, -0.2) is 31.2 Å². The highest BCUT2D eigenvalue weighted by molar-refractivity contribution is 5.80. The minimum atomic E-state index is -0.353. The Morgan fingerprint density at radius 2 is 2.12 bits per heavy atom. The SMILES string of the molecule is CC(OCCCN)C(=O)NC1CCCCC1. The molecule has 16 heavy (non-hydrogen) atoms. The summed E-state index contributed by atoms with van der Waals surface area (Å²) in [4.78, 5) is 11.7. The van der Waals surface area contributed by atoms with Gasteiger partial charge in [-0.1, -0.05) is 19.3 Å². The van der Waals surface area contributed by atoms with E-state index in [4.69, 9.17) is 10.5 Å². The molecule has 94 valence electrons. The molecule has 1 fully saturated rings. The largest absolute Gasteiger partial charge is 0.369 e. The zero-order valence-corrected chi connectivity index (χ0v) is 10.2. The van der Waals surface area contributed by atoms with E-state index in [-0.39, 0.29) is 12.0 Å². The summed E-state index contributed by atoms with van der Waals surface area (Å²) in [7, 11) is 0. The van der Waals surface area contributed by atoms with Gasteiger partial charge in [-0.2, -0.15) is 0 Å². The van der Waals surface area contributed by atoms with Gasteiger partial charge < -0.3 is 15.8 Å². The zero-order valence-electron chi connectivity index (χ0n) is 10.2. The van der Waals surface area contributed by atoms with E-state index in [2.05, 4.69) is 5.32 Å². The highest BCUT2D eigenvalue weighted by Crippen LogP contribution is 2.17. The van der Waals surface area contributed by atoms with Gasteiger partial charge in [0.1, 0.15) is 6.10 Å². The van der Waals surface area contributed by atoms with E-state index in [1.54, 1.807) is 6.92 Å². The lowest BCUT2D eigenvalue weighted by Crippen LogP contribution is -2.42. The second kappa shape index (κ2) is 7.63. The first-order chi connectivity index (χ1) is 7.74. The minimum Gasteiger partial charge on any atom is -0.369 e. The van der Waals surface area contributed by atoms with E-state index in [1.807, 2.05) is 0 Å². The molecule has 1 unspecified atom stereocenters. The van der Waals surface area contributed by atoms with Crippen molar-refractivity contribution >= 4 is 5.91 Å². The van der Waals surface area contributed by atoms with E-state index in [9.17, 15) is 4.79 Å². The Labute approximate surface area is 97.9 Å². The average molecular weight is 228 g/mol. The zero-order chi connectivity index (χ0) is 11.8. The maximum Gasteiger partial charge on any atom is 0.249 e. The van der Waals surface area contributed by atoms with Crippen LogP contribution in [-0.2, 0) is 9.53 Å². The van der Waals surface area contributed by atoms with Crippen molar-refractivity contribution in [2.75, 3.05) is 13.2 Å². The topological polar surface area (TPSA) is 64.3 Å². The molecule has 1 atom stereocenters. The fourth-order valence-corrected chi connectivity index (χ4v) is 1.98. The first-order valence-electron chi connectivity index (χ1n) is 6.36. The third-order valence-corrected chi connectivity index (χ3v) is 3.04. The number of rotatable bonds is 6. The Balaban J connectivity index is 2.16. The van der Waals surface area contributed by atoms with E-state index in [1.165, 1.54) is 19.3 Å². The molecule has 1 amide bonds. The molecule has 0 radical (unpaired) electrons. The van der Waals surface area contributed by atoms with Crippen LogP contribution in [0.2, 0.25) is 0 Å². The Bertz CT molecular complexity index is 203. The molecule has 1 saturated carbocycles. The van der Waals surface area contributed by atoms with Gasteiger partial charge in [-0.15, -0.1) is 0 Å². The molecular formula is C12H24N2O2. The second-order valence-electron chi connectivity index (χ2n) is 4.50. The van der Waals surface area contributed by atoms with E-state index in [0.29, 0.717) is 19.2 Å². The van der Waals surface area contributed by atoms with E-state index < -0.39 is 0 Å². The normalized spacial score (nSPS) is 19.4. The van der Waals surface area contributed by atoms with Crippen LogP contribution in [0.15, 0.2) is 0 Å². The van der Waals surface area contributed by atoms with Crippen LogP contribution in [0, 0.1) is 0 Å². The van der Waals surface area contributed by atoms with Crippen LogP contribution in [0.25, 0.3) is 0 Å². The highest BCUT2D eigenvalue weighted by Gasteiger charge is 2.19. The number of nitrogens with one attached hydrogen (secondary N) is 1. The summed E-state index contributed by atoms with van der Waals surface area (Å²) in [6.45, 7) is 2.97. The van der Waals surface area contributed by atoms with Gasteiger partial charge in [0, 0.05) is 12.6 Å². The molecule has 0 saturated heterocycles. The molecule has 0 aromatic rings. The number of ether oxygens (including phenoxy) is 1. The highest BCUT2D eigenvalue weighted by atomic mass is 16.5. The lowest BCUT2D eigenvalue weighted by Gasteiger charge is -2.24. The molecular weight excluding hydrogens is 204 g/mol. The van der Waals surface area contributed by atoms with Crippen LogP contribution in [0.4, 0.5) is 0 Å². The van der Waals surface area contributed by atoms with Gasteiger partial charge in [0.25, 0.3) is 0 Å². The third-order valence-electron chi connectivity index (χ3n) is 3.04. The van der Waals surface area contributed by atoms with Gasteiger partial charge in [-0.25, -0.2) is 0 Å². The first-order valence-corrected chi connectivity index (χ1v) is 6.36. The maximum absolute atomic E-state index is 11.7. The number of hydrogen-bond donors (Lipinski definition) is 2. The van der Waals surface area contributed by atoms with Gasteiger partial charge in [0.2, 0.25) is 5.91 Å². The smallest absolute Gasteiger partial charge is 0.249 e. The quantitative estimate of drug-likeness (QED) is 0.671. The van der Waals surface area contributed by atoms with Crippen molar-refractivity contribution in [3.05, 3.63) is 0 Å². The second-order valence-corrected chi connectivity index (χ2v) is 4.50. The van der Waals surface area contributed by atoms with Gasteiger partial charge in [-0.3, -0.25) is 4.79 Å². The van der Waals surface area contributed by atoms with Gasteiger partial charge in [0.05, 0.1) is 0 Å². The molecule has 4 nitrogen and oxygen atoms in total. The molecule has 0 bridgehead atoms. The molecule has 3 N–H and O–H groups in total. The summed E-state index contributed by atoms with van der Waals surface area (Å²) in [5.74, 6) is 0.0175. The summed E-state index contributed by atoms with van der Waals surface area (Å²) in [6, 6.07) is 0.363. The predicted molar refractivity (Wildman–Crippen MR) is 64.1 cm³/mol. The van der Waals surface area contributed by atoms with Crippen molar-refractivity contribution in [2.24, 2.45) is 5.73 Å². The fraction of sp³-hybridized carbons (Fsp3) is 0.917. The van der Waals surface area contributed by atoms with Crippen LogP contribution in [0.5, 0.6) is 0 Å². The molecule has 0 spiro atoms. The molecule has 0 heterocycles. The number of carbonyl (C=O) groups is 1. The van der Waals surface area contributed by atoms with Crippen LogP contribution >= 0.6 is 0 Å². The van der Waals surface area contributed by atoms with Crippen molar-refractivity contribution in [3.8, 4) is 0 Å². The lowest BCUT2D eigenvalue weighted by atomic mass is 9.95. The summed E-state index contributed by atoms with van der Waals surface area (Å²) < 4.78 is 5.39. The number of nitrogens with two attached hydrogens (primary N) is 1. The fourth-order valence-electron chi connectivity index (χ4n) is 1.98. The Morgan fingerprint density at radius 1 is 1.44 bits per heavy atom. The lowest BCUT2D eigenvalue weighted by molar-refractivity contribution is -0.132. The molecule has 4 heteroatoms. The average Bonchev–Trinajstić information content (AvgIpc) is 2.30. The van der Waals surface area contributed by atoms with E-state index >= 15 is 0 Å². The van der Waals surface area contributed by atoms with Crippen LogP contribution in [0.3, 0.4) is 0 Å². The molecule has 1 rings (SSSR count). The predicted octanol–water partition coefficient (Wildman–Crippen LogP) is 1.19. The Morgan fingerprint density at radius 3 is 2.75 bits per heavy atom. The van der Waals surface area contributed by atoms with E-state index in [0.717, 1.165) is 19.3 Å². The molecule has 0 aromatic carbocycles. The Hall–Kier alpha value is -0.610. The van der Waals surface area contributed by atoms with Crippen molar-refractivity contribution in [1.82, 2.24) is 5.32 Å². The summed E-state index contributed by atoms with van der Waals surface area (Å²) in [5.41, 5.74) is 5.36. The number of amides is 1. The summed E-state index contributed by atoms with van der Waals surface area (Å²) in [5, 5.41) is 3.05. The van der Waals surface area contributed by atoms with Crippen molar-refractivity contribution in [3.63, 3.8) is 0 Å². The van der Waals surface area contributed by atoms with Crippen molar-refractivity contribution in [1.29, 1.82) is 0 Å². The van der Waals surface area contributed by atoms with Gasteiger partial charge in [0.15, 0.2) is 0 Å². The monoisotopic (exact) mass is 228 g/mol. The Kier molecular flexibility index (Phi) is 6.42. The minimum absolute atomic E-state index is 0.0175. The number of hydrogen-bond acceptors (Lipinski definition) is 3. The molecule has 1 aliphatic carbocycles.